The van der Waals surface area contributed by atoms with Crippen molar-refractivity contribution in [3.05, 3.63) is 46.4 Å². The zero-order chi connectivity index (χ0) is 13.7. The number of carboxylic acids is 1. The lowest BCUT2D eigenvalue weighted by Gasteiger charge is -2.04. The van der Waals surface area contributed by atoms with Gasteiger partial charge in [0.25, 0.3) is 0 Å². The summed E-state index contributed by atoms with van der Waals surface area (Å²) in [6.45, 7) is 0. The molecule has 2 aromatic rings. The molecule has 0 saturated heterocycles. The van der Waals surface area contributed by atoms with E-state index in [0.717, 1.165) is 4.88 Å². The number of pyridine rings is 1. The Labute approximate surface area is 113 Å². The Hall–Kier alpha value is -2.21. The van der Waals surface area contributed by atoms with E-state index in [1.807, 2.05) is 17.5 Å². The van der Waals surface area contributed by atoms with Gasteiger partial charge >= 0.3 is 5.97 Å². The van der Waals surface area contributed by atoms with Gasteiger partial charge in [-0.3, -0.25) is 14.6 Å². The fourth-order valence-electron chi connectivity index (χ4n) is 1.53. The largest absolute Gasteiger partial charge is 0.481 e. The van der Waals surface area contributed by atoms with Crippen LogP contribution in [0.5, 0.6) is 0 Å². The monoisotopic (exact) mass is 276 g/mol. The van der Waals surface area contributed by atoms with Crippen LogP contribution in [0.25, 0.3) is 0 Å². The minimum atomic E-state index is -0.929. The average molecular weight is 276 g/mol. The van der Waals surface area contributed by atoms with E-state index < -0.39 is 5.97 Å². The van der Waals surface area contributed by atoms with E-state index in [4.69, 9.17) is 5.11 Å². The number of carbonyl (C=O) groups is 2. The molecule has 0 saturated carbocycles. The van der Waals surface area contributed by atoms with Gasteiger partial charge < -0.3 is 10.4 Å². The van der Waals surface area contributed by atoms with Crippen LogP contribution in [0, 0.1) is 0 Å². The second-order valence-electron chi connectivity index (χ2n) is 3.91. The number of rotatable bonds is 5. The first-order valence-electron chi connectivity index (χ1n) is 5.62. The van der Waals surface area contributed by atoms with Crippen molar-refractivity contribution in [2.24, 2.45) is 0 Å². The molecule has 6 heteroatoms. The highest BCUT2D eigenvalue weighted by molar-refractivity contribution is 7.10. The topological polar surface area (TPSA) is 79.3 Å². The fraction of sp³-hybridized carbons (Fsp3) is 0.154. The van der Waals surface area contributed by atoms with Crippen LogP contribution in [0.4, 0.5) is 5.69 Å². The van der Waals surface area contributed by atoms with Crippen LogP contribution in [-0.2, 0) is 22.4 Å². The standard InChI is InChI=1S/C13H12N2O3S/c16-12(7-11-2-1-5-19-11)15-10-4-3-9(14-8-10)6-13(17)18/h1-5,8H,6-7H2,(H,15,16)(H,17,18). The molecule has 0 spiro atoms. The molecule has 0 aliphatic rings. The summed E-state index contributed by atoms with van der Waals surface area (Å²) in [7, 11) is 0. The Bertz CT molecular complexity index is 564. The lowest BCUT2D eigenvalue weighted by atomic mass is 10.2. The summed E-state index contributed by atoms with van der Waals surface area (Å²) in [5.41, 5.74) is 1.03. The molecular weight excluding hydrogens is 264 g/mol. The SMILES string of the molecule is O=C(O)Cc1ccc(NC(=O)Cc2cccs2)cn1. The second kappa shape index (κ2) is 6.10. The van der Waals surface area contributed by atoms with Gasteiger partial charge in [0.1, 0.15) is 0 Å². The second-order valence-corrected chi connectivity index (χ2v) is 4.95. The van der Waals surface area contributed by atoms with E-state index in [-0.39, 0.29) is 12.3 Å². The highest BCUT2D eigenvalue weighted by Crippen LogP contribution is 2.11. The zero-order valence-corrected chi connectivity index (χ0v) is 10.8. The van der Waals surface area contributed by atoms with Gasteiger partial charge in [-0.15, -0.1) is 11.3 Å². The summed E-state index contributed by atoms with van der Waals surface area (Å²) in [4.78, 5) is 27.2. The van der Waals surface area contributed by atoms with Gasteiger partial charge in [-0.05, 0) is 23.6 Å². The molecule has 2 N–H and O–H groups in total. The molecule has 0 aromatic carbocycles. The van der Waals surface area contributed by atoms with Crippen molar-refractivity contribution >= 4 is 28.9 Å². The quantitative estimate of drug-likeness (QED) is 0.874. The molecule has 0 radical (unpaired) electrons. The summed E-state index contributed by atoms with van der Waals surface area (Å²) in [6, 6.07) is 7.04. The highest BCUT2D eigenvalue weighted by atomic mass is 32.1. The number of hydrogen-bond acceptors (Lipinski definition) is 4. The fourth-order valence-corrected chi connectivity index (χ4v) is 2.24. The van der Waals surface area contributed by atoms with E-state index in [9.17, 15) is 9.59 Å². The van der Waals surface area contributed by atoms with Crippen molar-refractivity contribution in [2.75, 3.05) is 5.32 Å². The number of nitrogens with one attached hydrogen (secondary N) is 1. The van der Waals surface area contributed by atoms with Crippen LogP contribution in [0.1, 0.15) is 10.6 Å². The van der Waals surface area contributed by atoms with Gasteiger partial charge in [0.2, 0.25) is 5.91 Å². The number of amides is 1. The molecule has 0 aliphatic carbocycles. The summed E-state index contributed by atoms with van der Waals surface area (Å²) in [6.07, 6.45) is 1.67. The summed E-state index contributed by atoms with van der Waals surface area (Å²) >= 11 is 1.53. The molecule has 2 heterocycles. The Morgan fingerprint density at radius 2 is 2.11 bits per heavy atom. The predicted octanol–water partition coefficient (Wildman–Crippen LogP) is 1.95. The molecule has 2 aromatic heterocycles. The van der Waals surface area contributed by atoms with Crippen LogP contribution in [0.15, 0.2) is 35.8 Å². The molecule has 2 rings (SSSR count). The third-order valence-corrected chi connectivity index (χ3v) is 3.23. The van der Waals surface area contributed by atoms with Crippen molar-refractivity contribution in [2.45, 2.75) is 12.8 Å². The normalized spacial score (nSPS) is 10.1. The van der Waals surface area contributed by atoms with Gasteiger partial charge in [0.15, 0.2) is 0 Å². The number of carboxylic acid groups (broad SMARTS) is 1. The first-order chi connectivity index (χ1) is 9.13. The van der Waals surface area contributed by atoms with E-state index in [2.05, 4.69) is 10.3 Å². The zero-order valence-electron chi connectivity index (χ0n) is 10.00. The third kappa shape index (κ3) is 4.18. The van der Waals surface area contributed by atoms with E-state index in [1.54, 1.807) is 12.1 Å². The summed E-state index contributed by atoms with van der Waals surface area (Å²) in [5, 5.41) is 13.3. The van der Waals surface area contributed by atoms with Crippen LogP contribution < -0.4 is 5.32 Å². The van der Waals surface area contributed by atoms with E-state index >= 15 is 0 Å². The maximum Gasteiger partial charge on any atom is 0.309 e. The maximum absolute atomic E-state index is 11.7. The van der Waals surface area contributed by atoms with Gasteiger partial charge in [-0.1, -0.05) is 6.07 Å². The molecule has 0 bridgehead atoms. The Kier molecular flexibility index (Phi) is 4.25. The van der Waals surface area contributed by atoms with Crippen LogP contribution >= 0.6 is 11.3 Å². The van der Waals surface area contributed by atoms with Gasteiger partial charge in [-0.2, -0.15) is 0 Å². The molecule has 5 nitrogen and oxygen atoms in total. The van der Waals surface area contributed by atoms with Crippen LogP contribution in [0.2, 0.25) is 0 Å². The number of thiophene rings is 1. The molecule has 98 valence electrons. The number of anilines is 1. The number of aliphatic carboxylic acids is 1. The Balaban J connectivity index is 1.92. The van der Waals surface area contributed by atoms with Crippen molar-refractivity contribution in [1.82, 2.24) is 4.98 Å². The van der Waals surface area contributed by atoms with Crippen molar-refractivity contribution in [3.8, 4) is 0 Å². The minimum absolute atomic E-state index is 0.116. The molecule has 0 aliphatic heterocycles. The average Bonchev–Trinajstić information content (AvgIpc) is 2.83. The maximum atomic E-state index is 11.7. The van der Waals surface area contributed by atoms with E-state index in [1.165, 1.54) is 17.5 Å². The summed E-state index contributed by atoms with van der Waals surface area (Å²) in [5.74, 6) is -1.04. The van der Waals surface area contributed by atoms with Gasteiger partial charge in [0, 0.05) is 4.88 Å². The number of carbonyl (C=O) groups excluding carboxylic acids is 1. The first-order valence-corrected chi connectivity index (χ1v) is 6.50. The van der Waals surface area contributed by atoms with E-state index in [0.29, 0.717) is 17.8 Å². The molecule has 1 amide bonds. The lowest BCUT2D eigenvalue weighted by molar-refractivity contribution is -0.136. The van der Waals surface area contributed by atoms with Gasteiger partial charge in [0.05, 0.1) is 30.4 Å². The Morgan fingerprint density at radius 3 is 2.68 bits per heavy atom. The predicted molar refractivity (Wildman–Crippen MR) is 72.2 cm³/mol. The first kappa shape index (κ1) is 13.2. The minimum Gasteiger partial charge on any atom is -0.481 e. The molecule has 0 unspecified atom stereocenters. The molecule has 0 fully saturated rings. The number of hydrogen-bond donors (Lipinski definition) is 2. The lowest BCUT2D eigenvalue weighted by Crippen LogP contribution is -2.14. The van der Waals surface area contributed by atoms with Crippen LogP contribution in [0.3, 0.4) is 0 Å². The summed E-state index contributed by atoms with van der Waals surface area (Å²) < 4.78 is 0. The van der Waals surface area contributed by atoms with Crippen molar-refractivity contribution < 1.29 is 14.7 Å². The third-order valence-electron chi connectivity index (χ3n) is 2.36. The number of aromatic nitrogens is 1. The van der Waals surface area contributed by atoms with Crippen LogP contribution in [-0.4, -0.2) is 22.0 Å². The Morgan fingerprint density at radius 1 is 1.26 bits per heavy atom. The smallest absolute Gasteiger partial charge is 0.309 e. The van der Waals surface area contributed by atoms with Crippen molar-refractivity contribution in [1.29, 1.82) is 0 Å². The highest BCUT2D eigenvalue weighted by Gasteiger charge is 2.06. The molecular formula is C13H12N2O3S. The number of nitrogens with zero attached hydrogens (tertiary/aromatic N) is 1. The molecule has 0 atom stereocenters. The van der Waals surface area contributed by atoms with Crippen molar-refractivity contribution in [3.63, 3.8) is 0 Å². The molecule has 19 heavy (non-hydrogen) atoms. The van der Waals surface area contributed by atoms with Gasteiger partial charge in [-0.25, -0.2) is 0 Å².